The third-order valence-electron chi connectivity index (χ3n) is 13.0. The van der Waals surface area contributed by atoms with Crippen molar-refractivity contribution in [1.82, 2.24) is 19.1 Å². The van der Waals surface area contributed by atoms with E-state index in [1.54, 1.807) is 0 Å². The van der Waals surface area contributed by atoms with Crippen LogP contribution in [-0.2, 0) is 6.42 Å². The van der Waals surface area contributed by atoms with E-state index in [2.05, 4.69) is 215 Å². The minimum Gasteiger partial charge on any atom is -0.309 e. The van der Waals surface area contributed by atoms with Gasteiger partial charge in [0.15, 0.2) is 0 Å². The number of para-hydroxylation sites is 4. The molecular weight excluding hydrogens is 753 g/mol. The summed E-state index contributed by atoms with van der Waals surface area (Å²) in [7, 11) is 0. The highest BCUT2D eigenvalue weighted by Gasteiger charge is 2.25. The average Bonchev–Trinajstić information content (AvgIpc) is 3.86. The highest BCUT2D eigenvalue weighted by molar-refractivity contribution is 6.15. The Morgan fingerprint density at radius 2 is 1.05 bits per heavy atom. The molecule has 4 heteroatoms. The SMILES string of the molecule is C1=Cc2c(c(-c3ccc4c5ccccc5n(-c5ccccc5)c4c3)cc3c4ccccc4n(-c4nc(-c5ccc6cc(-c7ccccc7)ccc6c5)c5ccccc5n4)c23)CC1. The average molecular weight is 791 g/mol. The maximum Gasteiger partial charge on any atom is 0.235 e. The minimum atomic E-state index is 0.673. The molecule has 0 aliphatic heterocycles. The molecule has 0 atom stereocenters. The third kappa shape index (κ3) is 5.33. The molecule has 12 aromatic rings. The predicted octanol–water partition coefficient (Wildman–Crippen LogP) is 14.9. The van der Waals surface area contributed by atoms with Crippen LogP contribution in [0.3, 0.4) is 0 Å². The molecule has 13 rings (SSSR count). The molecule has 3 aromatic heterocycles. The number of nitrogens with zero attached hydrogens (tertiary/aromatic N) is 4. The predicted molar refractivity (Wildman–Crippen MR) is 259 cm³/mol. The van der Waals surface area contributed by atoms with Gasteiger partial charge in [-0.05, 0) is 106 Å². The number of benzene rings is 9. The van der Waals surface area contributed by atoms with Gasteiger partial charge >= 0.3 is 0 Å². The Balaban J connectivity index is 1.03. The Bertz CT molecular complexity index is 3800. The van der Waals surface area contributed by atoms with Crippen molar-refractivity contribution in [3.63, 3.8) is 0 Å². The van der Waals surface area contributed by atoms with E-state index in [0.717, 1.165) is 51.7 Å². The van der Waals surface area contributed by atoms with E-state index in [9.17, 15) is 0 Å². The van der Waals surface area contributed by atoms with Gasteiger partial charge in [-0.25, -0.2) is 9.97 Å². The van der Waals surface area contributed by atoms with Gasteiger partial charge in [0.1, 0.15) is 0 Å². The van der Waals surface area contributed by atoms with Gasteiger partial charge in [0.2, 0.25) is 5.95 Å². The van der Waals surface area contributed by atoms with Crippen molar-refractivity contribution in [2.45, 2.75) is 12.8 Å². The van der Waals surface area contributed by atoms with Crippen LogP contribution in [0.25, 0.3) is 117 Å². The van der Waals surface area contributed by atoms with Gasteiger partial charge in [-0.2, -0.15) is 0 Å². The van der Waals surface area contributed by atoms with Crippen LogP contribution in [0.15, 0.2) is 200 Å². The minimum absolute atomic E-state index is 0.673. The van der Waals surface area contributed by atoms with E-state index in [4.69, 9.17) is 9.97 Å². The van der Waals surface area contributed by atoms with E-state index in [1.807, 2.05) is 0 Å². The largest absolute Gasteiger partial charge is 0.309 e. The number of hydrogen-bond donors (Lipinski definition) is 0. The summed E-state index contributed by atoms with van der Waals surface area (Å²) in [6, 6.07) is 70.2. The summed E-state index contributed by atoms with van der Waals surface area (Å²) in [6.45, 7) is 0. The Kier molecular flexibility index (Phi) is 7.70. The number of fused-ring (bicyclic) bond motifs is 10. The molecule has 1 aliphatic rings. The number of hydrogen-bond acceptors (Lipinski definition) is 2. The molecule has 0 saturated heterocycles. The lowest BCUT2D eigenvalue weighted by molar-refractivity contribution is 0.978. The van der Waals surface area contributed by atoms with Crippen LogP contribution in [0.2, 0.25) is 0 Å². The molecule has 0 unspecified atom stereocenters. The first-order valence-electron chi connectivity index (χ1n) is 21.5. The molecule has 0 saturated carbocycles. The fourth-order valence-electron chi connectivity index (χ4n) is 10.1. The van der Waals surface area contributed by atoms with Crippen LogP contribution in [0.4, 0.5) is 0 Å². The Labute approximate surface area is 358 Å². The Morgan fingerprint density at radius 1 is 0.419 bits per heavy atom. The molecule has 290 valence electrons. The number of aromatic nitrogens is 4. The molecule has 3 heterocycles. The van der Waals surface area contributed by atoms with Crippen LogP contribution in [-0.4, -0.2) is 19.1 Å². The zero-order valence-electron chi connectivity index (χ0n) is 33.8. The van der Waals surface area contributed by atoms with Gasteiger partial charge in [-0.3, -0.25) is 4.57 Å². The van der Waals surface area contributed by atoms with Crippen molar-refractivity contribution in [2.75, 3.05) is 0 Å². The molecule has 0 amide bonds. The van der Waals surface area contributed by atoms with E-state index in [-0.39, 0.29) is 0 Å². The molecule has 1 aliphatic carbocycles. The Morgan fingerprint density at radius 3 is 1.85 bits per heavy atom. The van der Waals surface area contributed by atoms with E-state index in [1.165, 1.54) is 76.7 Å². The fourth-order valence-corrected chi connectivity index (χ4v) is 10.1. The van der Waals surface area contributed by atoms with E-state index < -0.39 is 0 Å². The first kappa shape index (κ1) is 34.8. The fraction of sp³-hybridized carbons (Fsp3) is 0.0345. The number of rotatable bonds is 5. The molecule has 0 fully saturated rings. The van der Waals surface area contributed by atoms with Crippen molar-refractivity contribution in [3.8, 4) is 45.1 Å². The van der Waals surface area contributed by atoms with Gasteiger partial charge in [0, 0.05) is 43.7 Å². The van der Waals surface area contributed by atoms with Crippen LogP contribution in [0.1, 0.15) is 17.5 Å². The highest BCUT2D eigenvalue weighted by atomic mass is 15.2. The van der Waals surface area contributed by atoms with Crippen molar-refractivity contribution < 1.29 is 0 Å². The summed E-state index contributed by atoms with van der Waals surface area (Å²) in [5.41, 5.74) is 16.3. The van der Waals surface area contributed by atoms with Gasteiger partial charge < -0.3 is 4.57 Å². The van der Waals surface area contributed by atoms with Gasteiger partial charge in [0.05, 0.1) is 33.3 Å². The van der Waals surface area contributed by atoms with Crippen molar-refractivity contribution in [1.29, 1.82) is 0 Å². The standard InChI is InChI=1S/C58H38N4/c1-3-15-37(16-4-1)38-27-28-40-34-42(30-29-39(40)33-38)56-49-23-9-12-24-52(49)59-58(60-56)62-54-26-14-11-21-46(54)51-36-50(44-19-7-8-22-48(44)57(51)62)41-31-32-47-45-20-10-13-25-53(45)61(55(47)35-41)43-17-5-2-6-18-43/h1-6,8-18,20-36H,7,19H2. The molecule has 0 radical (unpaired) electrons. The molecule has 62 heavy (non-hydrogen) atoms. The lowest BCUT2D eigenvalue weighted by atomic mass is 9.87. The number of allylic oxidation sites excluding steroid dienone is 1. The first-order chi connectivity index (χ1) is 30.7. The maximum absolute atomic E-state index is 5.53. The zero-order valence-corrected chi connectivity index (χ0v) is 33.8. The smallest absolute Gasteiger partial charge is 0.235 e. The molecule has 4 nitrogen and oxygen atoms in total. The second-order valence-electron chi connectivity index (χ2n) is 16.5. The maximum atomic E-state index is 5.53. The molecule has 0 bridgehead atoms. The summed E-state index contributed by atoms with van der Waals surface area (Å²) in [4.78, 5) is 10.9. The quantitative estimate of drug-likeness (QED) is 0.174. The lowest BCUT2D eigenvalue weighted by Crippen LogP contribution is -2.06. The van der Waals surface area contributed by atoms with Gasteiger partial charge in [0.25, 0.3) is 0 Å². The van der Waals surface area contributed by atoms with Crippen LogP contribution >= 0.6 is 0 Å². The van der Waals surface area contributed by atoms with Crippen molar-refractivity contribution in [2.24, 2.45) is 0 Å². The summed E-state index contributed by atoms with van der Waals surface area (Å²) in [5.74, 6) is 0.673. The zero-order chi connectivity index (χ0) is 40.7. The third-order valence-corrected chi connectivity index (χ3v) is 13.0. The topological polar surface area (TPSA) is 35.6 Å². The monoisotopic (exact) mass is 790 g/mol. The summed E-state index contributed by atoms with van der Waals surface area (Å²) < 4.78 is 4.74. The molecular formula is C58H38N4. The molecule has 0 spiro atoms. The summed E-state index contributed by atoms with van der Waals surface area (Å²) in [5, 5.41) is 8.31. The first-order valence-corrected chi connectivity index (χ1v) is 21.5. The second kappa shape index (κ2) is 13.7. The van der Waals surface area contributed by atoms with E-state index in [0.29, 0.717) is 5.95 Å². The van der Waals surface area contributed by atoms with Crippen LogP contribution in [0, 0.1) is 0 Å². The summed E-state index contributed by atoms with van der Waals surface area (Å²) >= 11 is 0. The van der Waals surface area contributed by atoms with Crippen LogP contribution in [0.5, 0.6) is 0 Å². The summed E-state index contributed by atoms with van der Waals surface area (Å²) in [6.07, 6.45) is 6.61. The van der Waals surface area contributed by atoms with E-state index >= 15 is 0 Å². The van der Waals surface area contributed by atoms with Crippen LogP contribution < -0.4 is 0 Å². The molecule has 0 N–H and O–H groups in total. The highest BCUT2D eigenvalue weighted by Crippen LogP contribution is 2.44. The normalized spacial score (nSPS) is 12.6. The van der Waals surface area contributed by atoms with Crippen molar-refractivity contribution >= 4 is 71.4 Å². The molecule has 9 aromatic carbocycles. The van der Waals surface area contributed by atoms with Gasteiger partial charge in [-0.1, -0.05) is 152 Å². The lowest BCUT2D eigenvalue weighted by Gasteiger charge is -2.20. The second-order valence-corrected chi connectivity index (χ2v) is 16.5. The Hall–Kier alpha value is -8.08. The van der Waals surface area contributed by atoms with Gasteiger partial charge in [-0.15, -0.1) is 0 Å². The van der Waals surface area contributed by atoms with Crippen molar-refractivity contribution in [3.05, 3.63) is 211 Å².